The van der Waals surface area contributed by atoms with Crippen LogP contribution in [-0.2, 0) is 6.54 Å². The Bertz CT molecular complexity index is 479. The van der Waals surface area contributed by atoms with Crippen LogP contribution in [0.4, 0.5) is 0 Å². The largest absolute Gasteiger partial charge is 0.310 e. The SMILES string of the molecule is CSCCNCc1cnc(C)n1-c1ccccc1. The van der Waals surface area contributed by atoms with E-state index in [4.69, 9.17) is 0 Å². The van der Waals surface area contributed by atoms with Crippen molar-refractivity contribution in [3.05, 3.63) is 48.0 Å². The molecule has 0 aliphatic heterocycles. The first-order valence-electron chi connectivity index (χ1n) is 6.11. The first-order chi connectivity index (χ1) is 8.83. The van der Waals surface area contributed by atoms with Crippen molar-refractivity contribution < 1.29 is 0 Å². The molecule has 0 unspecified atom stereocenters. The van der Waals surface area contributed by atoms with Crippen molar-refractivity contribution in [3.8, 4) is 5.69 Å². The molecule has 0 fully saturated rings. The van der Waals surface area contributed by atoms with Gasteiger partial charge in [-0.15, -0.1) is 0 Å². The minimum Gasteiger partial charge on any atom is -0.310 e. The minimum absolute atomic E-state index is 0.857. The molecule has 1 aromatic heterocycles. The molecule has 1 heterocycles. The molecule has 2 rings (SSSR count). The van der Waals surface area contributed by atoms with Gasteiger partial charge in [0.1, 0.15) is 5.82 Å². The Morgan fingerprint density at radius 1 is 1.28 bits per heavy atom. The minimum atomic E-state index is 0.857. The monoisotopic (exact) mass is 261 g/mol. The van der Waals surface area contributed by atoms with Gasteiger partial charge in [0.15, 0.2) is 0 Å². The summed E-state index contributed by atoms with van der Waals surface area (Å²) in [6.45, 7) is 3.93. The van der Waals surface area contributed by atoms with Crippen LogP contribution in [0.2, 0.25) is 0 Å². The van der Waals surface area contributed by atoms with Gasteiger partial charge >= 0.3 is 0 Å². The van der Waals surface area contributed by atoms with E-state index in [-0.39, 0.29) is 0 Å². The fraction of sp³-hybridized carbons (Fsp3) is 0.357. The Balaban J connectivity index is 2.12. The quantitative estimate of drug-likeness (QED) is 0.811. The number of nitrogens with zero attached hydrogens (tertiary/aromatic N) is 2. The van der Waals surface area contributed by atoms with Gasteiger partial charge in [-0.2, -0.15) is 11.8 Å². The molecular weight excluding hydrogens is 242 g/mol. The molecule has 0 bridgehead atoms. The van der Waals surface area contributed by atoms with Crippen molar-refractivity contribution in [1.29, 1.82) is 0 Å². The van der Waals surface area contributed by atoms with E-state index in [1.54, 1.807) is 0 Å². The lowest BCUT2D eigenvalue weighted by molar-refractivity contribution is 0.699. The zero-order chi connectivity index (χ0) is 12.8. The Morgan fingerprint density at radius 3 is 2.78 bits per heavy atom. The van der Waals surface area contributed by atoms with Crippen molar-refractivity contribution in [2.75, 3.05) is 18.6 Å². The van der Waals surface area contributed by atoms with Gasteiger partial charge in [0.25, 0.3) is 0 Å². The number of aryl methyl sites for hydroxylation is 1. The predicted octanol–water partition coefficient (Wildman–Crippen LogP) is 2.63. The van der Waals surface area contributed by atoms with Crippen molar-refractivity contribution >= 4 is 11.8 Å². The highest BCUT2D eigenvalue weighted by atomic mass is 32.2. The van der Waals surface area contributed by atoms with Crippen LogP contribution >= 0.6 is 11.8 Å². The molecular formula is C14H19N3S. The summed E-state index contributed by atoms with van der Waals surface area (Å²) in [5.41, 5.74) is 2.38. The molecule has 18 heavy (non-hydrogen) atoms. The molecule has 0 atom stereocenters. The van der Waals surface area contributed by atoms with E-state index < -0.39 is 0 Å². The zero-order valence-electron chi connectivity index (χ0n) is 10.9. The van der Waals surface area contributed by atoms with Crippen LogP contribution in [-0.4, -0.2) is 28.1 Å². The summed E-state index contributed by atoms with van der Waals surface area (Å²) in [6, 6.07) is 10.4. The second-order valence-electron chi connectivity index (χ2n) is 4.14. The molecule has 0 amide bonds. The second-order valence-corrected chi connectivity index (χ2v) is 5.12. The van der Waals surface area contributed by atoms with E-state index in [9.17, 15) is 0 Å². The third kappa shape index (κ3) is 3.15. The number of thioether (sulfide) groups is 1. The number of benzene rings is 1. The molecule has 4 heteroatoms. The van der Waals surface area contributed by atoms with Gasteiger partial charge in [-0.1, -0.05) is 18.2 Å². The summed E-state index contributed by atoms with van der Waals surface area (Å²) < 4.78 is 2.20. The molecule has 1 aromatic carbocycles. The van der Waals surface area contributed by atoms with Gasteiger partial charge in [-0.25, -0.2) is 4.98 Å². The summed E-state index contributed by atoms with van der Waals surface area (Å²) >= 11 is 1.86. The Hall–Kier alpha value is -1.26. The van der Waals surface area contributed by atoms with Gasteiger partial charge in [0, 0.05) is 24.5 Å². The molecule has 0 spiro atoms. The van der Waals surface area contributed by atoms with Crippen LogP contribution in [0.1, 0.15) is 11.5 Å². The molecule has 0 aliphatic rings. The Morgan fingerprint density at radius 2 is 2.06 bits per heavy atom. The van der Waals surface area contributed by atoms with Crippen LogP contribution in [0.5, 0.6) is 0 Å². The second kappa shape index (κ2) is 6.61. The van der Waals surface area contributed by atoms with E-state index in [0.717, 1.165) is 24.7 Å². The highest BCUT2D eigenvalue weighted by molar-refractivity contribution is 7.98. The van der Waals surface area contributed by atoms with Crippen molar-refractivity contribution in [2.24, 2.45) is 0 Å². The van der Waals surface area contributed by atoms with Crippen LogP contribution in [0, 0.1) is 6.92 Å². The number of nitrogens with one attached hydrogen (secondary N) is 1. The van der Waals surface area contributed by atoms with Crippen LogP contribution in [0.25, 0.3) is 5.69 Å². The lowest BCUT2D eigenvalue weighted by Crippen LogP contribution is -2.18. The summed E-state index contributed by atoms with van der Waals surface area (Å²) in [7, 11) is 0. The van der Waals surface area contributed by atoms with E-state index in [0.29, 0.717) is 0 Å². The lowest BCUT2D eigenvalue weighted by atomic mass is 10.3. The van der Waals surface area contributed by atoms with Crippen molar-refractivity contribution in [3.63, 3.8) is 0 Å². The van der Waals surface area contributed by atoms with Gasteiger partial charge in [0.2, 0.25) is 0 Å². The average Bonchev–Trinajstić information content (AvgIpc) is 2.77. The van der Waals surface area contributed by atoms with Crippen molar-refractivity contribution in [2.45, 2.75) is 13.5 Å². The maximum Gasteiger partial charge on any atom is 0.110 e. The summed E-state index contributed by atoms with van der Waals surface area (Å²) in [4.78, 5) is 4.41. The summed E-state index contributed by atoms with van der Waals surface area (Å²) in [6.07, 6.45) is 4.08. The zero-order valence-corrected chi connectivity index (χ0v) is 11.7. The van der Waals surface area contributed by atoms with Crippen LogP contribution in [0.3, 0.4) is 0 Å². The third-order valence-corrected chi connectivity index (χ3v) is 3.43. The first-order valence-corrected chi connectivity index (χ1v) is 7.50. The molecule has 3 nitrogen and oxygen atoms in total. The van der Waals surface area contributed by atoms with Gasteiger partial charge in [-0.3, -0.25) is 4.57 Å². The van der Waals surface area contributed by atoms with Gasteiger partial charge in [-0.05, 0) is 25.3 Å². The number of rotatable bonds is 6. The molecule has 0 saturated carbocycles. The molecule has 0 radical (unpaired) electrons. The van der Waals surface area contributed by atoms with E-state index >= 15 is 0 Å². The Kier molecular flexibility index (Phi) is 4.84. The molecule has 1 N–H and O–H groups in total. The first kappa shape index (κ1) is 13.2. The van der Waals surface area contributed by atoms with Crippen LogP contribution < -0.4 is 5.32 Å². The fourth-order valence-electron chi connectivity index (χ4n) is 1.94. The fourth-order valence-corrected chi connectivity index (χ4v) is 2.28. The third-order valence-electron chi connectivity index (χ3n) is 2.81. The molecule has 0 saturated heterocycles. The smallest absolute Gasteiger partial charge is 0.110 e. The van der Waals surface area contributed by atoms with E-state index in [2.05, 4.69) is 45.4 Å². The Labute approximate surface area is 113 Å². The predicted molar refractivity (Wildman–Crippen MR) is 78.4 cm³/mol. The maximum atomic E-state index is 4.41. The average molecular weight is 261 g/mol. The highest BCUT2D eigenvalue weighted by Gasteiger charge is 2.07. The molecule has 0 aliphatic carbocycles. The lowest BCUT2D eigenvalue weighted by Gasteiger charge is -2.10. The van der Waals surface area contributed by atoms with Gasteiger partial charge < -0.3 is 5.32 Å². The number of imidazole rings is 1. The van der Waals surface area contributed by atoms with Crippen LogP contribution in [0.15, 0.2) is 36.5 Å². The number of hydrogen-bond acceptors (Lipinski definition) is 3. The standard InChI is InChI=1S/C14H19N3S/c1-12-16-11-14(10-15-8-9-18-2)17(12)13-6-4-3-5-7-13/h3-7,11,15H,8-10H2,1-2H3. The summed E-state index contributed by atoms with van der Waals surface area (Å²) in [5, 5.41) is 3.44. The van der Waals surface area contributed by atoms with E-state index in [1.807, 2.05) is 30.9 Å². The topological polar surface area (TPSA) is 29.9 Å². The molecule has 96 valence electrons. The molecule has 2 aromatic rings. The maximum absolute atomic E-state index is 4.41. The summed E-state index contributed by atoms with van der Waals surface area (Å²) in [5.74, 6) is 2.17. The number of aromatic nitrogens is 2. The highest BCUT2D eigenvalue weighted by Crippen LogP contribution is 2.14. The van der Waals surface area contributed by atoms with Gasteiger partial charge in [0.05, 0.1) is 11.9 Å². The number of hydrogen-bond donors (Lipinski definition) is 1. The normalized spacial score (nSPS) is 10.8. The van der Waals surface area contributed by atoms with Crippen molar-refractivity contribution in [1.82, 2.24) is 14.9 Å². The van der Waals surface area contributed by atoms with E-state index in [1.165, 1.54) is 11.4 Å². The number of para-hydroxylation sites is 1.